The predicted octanol–water partition coefficient (Wildman–Crippen LogP) is 1.67. The van der Waals surface area contributed by atoms with Crippen molar-refractivity contribution in [2.24, 2.45) is 0 Å². The summed E-state index contributed by atoms with van der Waals surface area (Å²) in [5, 5.41) is 8.38. The first kappa shape index (κ1) is 9.99. The van der Waals surface area contributed by atoms with Crippen molar-refractivity contribution in [3.8, 4) is 0 Å². The van der Waals surface area contributed by atoms with E-state index in [1.807, 2.05) is 6.20 Å². The van der Waals surface area contributed by atoms with Crippen LogP contribution in [0.2, 0.25) is 5.28 Å². The van der Waals surface area contributed by atoms with Crippen molar-refractivity contribution in [2.45, 2.75) is 18.8 Å². The summed E-state index contributed by atoms with van der Waals surface area (Å²) >= 11 is 5.96. The lowest BCUT2D eigenvalue weighted by Crippen LogP contribution is -2.15. The molecule has 6 heteroatoms. The average Bonchev–Trinajstić information content (AvgIpc) is 2.81. The highest BCUT2D eigenvalue weighted by Crippen LogP contribution is 2.29. The van der Waals surface area contributed by atoms with E-state index in [-0.39, 0.29) is 0 Å². The van der Waals surface area contributed by atoms with E-state index in [0.29, 0.717) is 11.2 Å². The zero-order valence-electron chi connectivity index (χ0n) is 8.64. The number of hydrogen-bond donors (Lipinski definition) is 0. The van der Waals surface area contributed by atoms with E-state index in [2.05, 4.69) is 15.2 Å². The average molecular weight is 239 g/mol. The molecular formula is C10H11ClN4O. The van der Waals surface area contributed by atoms with Crippen molar-refractivity contribution < 1.29 is 4.74 Å². The monoisotopic (exact) mass is 238 g/mol. The number of fused-ring (bicyclic) bond motifs is 1. The van der Waals surface area contributed by atoms with Gasteiger partial charge in [-0.1, -0.05) is 0 Å². The molecule has 5 nitrogen and oxygen atoms in total. The molecule has 84 valence electrons. The lowest BCUT2D eigenvalue weighted by molar-refractivity contribution is 0.0854. The molecule has 0 aliphatic carbocycles. The molecular weight excluding hydrogens is 228 g/mol. The van der Waals surface area contributed by atoms with Crippen molar-refractivity contribution in [2.75, 3.05) is 13.2 Å². The van der Waals surface area contributed by atoms with Gasteiger partial charge in [-0.2, -0.15) is 0 Å². The molecule has 3 heterocycles. The molecule has 0 N–H and O–H groups in total. The molecule has 0 unspecified atom stereocenters. The van der Waals surface area contributed by atoms with Gasteiger partial charge in [0, 0.05) is 25.0 Å². The zero-order valence-corrected chi connectivity index (χ0v) is 9.39. The second kappa shape index (κ2) is 3.99. The van der Waals surface area contributed by atoms with Gasteiger partial charge in [0.2, 0.25) is 5.28 Å². The zero-order chi connectivity index (χ0) is 11.0. The Morgan fingerprint density at radius 2 is 2.19 bits per heavy atom. The molecule has 0 atom stereocenters. The molecule has 16 heavy (non-hydrogen) atoms. The molecule has 1 aliphatic heterocycles. The van der Waals surface area contributed by atoms with Gasteiger partial charge in [0.05, 0.1) is 0 Å². The van der Waals surface area contributed by atoms with Crippen LogP contribution in [0.25, 0.3) is 5.65 Å². The van der Waals surface area contributed by atoms with Gasteiger partial charge >= 0.3 is 0 Å². The highest BCUT2D eigenvalue weighted by atomic mass is 35.5. The van der Waals surface area contributed by atoms with Crippen molar-refractivity contribution in [3.63, 3.8) is 0 Å². The lowest BCUT2D eigenvalue weighted by atomic mass is 9.93. The fourth-order valence-corrected chi connectivity index (χ4v) is 2.28. The number of nitrogens with zero attached hydrogens (tertiary/aromatic N) is 4. The SMILES string of the molecule is Clc1ncc(C2CCOCC2)c2nncn12. The maximum absolute atomic E-state index is 5.96. The Labute approximate surface area is 97.4 Å². The van der Waals surface area contributed by atoms with Crippen LogP contribution in [0, 0.1) is 0 Å². The number of ether oxygens (including phenoxy) is 1. The van der Waals surface area contributed by atoms with Crippen LogP contribution in [-0.2, 0) is 4.74 Å². The minimum absolute atomic E-state index is 0.399. The molecule has 0 radical (unpaired) electrons. The highest BCUT2D eigenvalue weighted by Gasteiger charge is 2.20. The van der Waals surface area contributed by atoms with Crippen LogP contribution in [0.5, 0.6) is 0 Å². The molecule has 0 saturated carbocycles. The Balaban J connectivity index is 2.08. The lowest BCUT2D eigenvalue weighted by Gasteiger charge is -2.22. The fraction of sp³-hybridized carbons (Fsp3) is 0.500. The van der Waals surface area contributed by atoms with Gasteiger partial charge < -0.3 is 4.74 Å². The normalized spacial score (nSPS) is 18.1. The van der Waals surface area contributed by atoms with Gasteiger partial charge in [0.1, 0.15) is 6.33 Å². The number of hydrogen-bond acceptors (Lipinski definition) is 4. The summed E-state index contributed by atoms with van der Waals surface area (Å²) < 4.78 is 7.06. The third kappa shape index (κ3) is 1.56. The summed E-state index contributed by atoms with van der Waals surface area (Å²) in [6.07, 6.45) is 5.41. The second-order valence-corrected chi connectivity index (χ2v) is 4.23. The van der Waals surface area contributed by atoms with E-state index in [0.717, 1.165) is 37.3 Å². The van der Waals surface area contributed by atoms with Gasteiger partial charge in [0.25, 0.3) is 0 Å². The van der Waals surface area contributed by atoms with E-state index in [9.17, 15) is 0 Å². The topological polar surface area (TPSA) is 52.3 Å². The fourth-order valence-electron chi connectivity index (χ4n) is 2.11. The summed E-state index contributed by atoms with van der Waals surface area (Å²) in [5.41, 5.74) is 1.93. The van der Waals surface area contributed by atoms with Gasteiger partial charge in [-0.3, -0.25) is 4.40 Å². The van der Waals surface area contributed by atoms with Crippen molar-refractivity contribution in [1.29, 1.82) is 0 Å². The Bertz CT molecular complexity index is 506. The van der Waals surface area contributed by atoms with Crippen LogP contribution >= 0.6 is 11.6 Å². The molecule has 0 spiro atoms. The first-order chi connectivity index (χ1) is 7.86. The third-order valence-corrected chi connectivity index (χ3v) is 3.26. The maximum atomic E-state index is 5.96. The summed E-state index contributed by atoms with van der Waals surface area (Å²) in [4.78, 5) is 4.16. The maximum Gasteiger partial charge on any atom is 0.209 e. The Morgan fingerprint density at radius 3 is 3.00 bits per heavy atom. The van der Waals surface area contributed by atoms with Crippen LogP contribution in [0.15, 0.2) is 12.5 Å². The van der Waals surface area contributed by atoms with Crippen molar-refractivity contribution in [3.05, 3.63) is 23.4 Å². The van der Waals surface area contributed by atoms with Crippen molar-refractivity contribution >= 4 is 17.2 Å². The smallest absolute Gasteiger partial charge is 0.209 e. The van der Waals surface area contributed by atoms with E-state index in [4.69, 9.17) is 16.3 Å². The molecule has 2 aromatic rings. The Morgan fingerprint density at radius 1 is 1.38 bits per heavy atom. The van der Waals surface area contributed by atoms with Crippen LogP contribution in [-0.4, -0.2) is 32.8 Å². The van der Waals surface area contributed by atoms with Crippen LogP contribution in [0.4, 0.5) is 0 Å². The summed E-state index contributed by atoms with van der Waals surface area (Å²) in [6, 6.07) is 0. The van der Waals surface area contributed by atoms with E-state index < -0.39 is 0 Å². The van der Waals surface area contributed by atoms with Crippen LogP contribution in [0.1, 0.15) is 24.3 Å². The van der Waals surface area contributed by atoms with Gasteiger partial charge in [-0.05, 0) is 30.4 Å². The van der Waals surface area contributed by atoms with E-state index >= 15 is 0 Å². The largest absolute Gasteiger partial charge is 0.381 e. The predicted molar refractivity (Wildman–Crippen MR) is 58.6 cm³/mol. The van der Waals surface area contributed by atoms with E-state index in [1.54, 1.807) is 10.7 Å². The third-order valence-electron chi connectivity index (χ3n) is 2.98. The van der Waals surface area contributed by atoms with Crippen molar-refractivity contribution in [1.82, 2.24) is 19.6 Å². The summed E-state index contributed by atoms with van der Waals surface area (Å²) in [5.74, 6) is 0.449. The number of halogens is 1. The quantitative estimate of drug-likeness (QED) is 0.710. The molecule has 2 aromatic heterocycles. The molecule has 1 saturated heterocycles. The first-order valence-electron chi connectivity index (χ1n) is 5.28. The summed E-state index contributed by atoms with van der Waals surface area (Å²) in [6.45, 7) is 1.60. The molecule has 1 aliphatic rings. The molecule has 0 bridgehead atoms. The molecule has 0 amide bonds. The standard InChI is InChI=1S/C10H11ClN4O/c11-10-12-5-8(7-1-3-16-4-2-7)9-14-13-6-15(9)10/h5-7H,1-4H2. The molecule has 1 fully saturated rings. The van der Waals surface area contributed by atoms with Gasteiger partial charge in [-0.15, -0.1) is 10.2 Å². The van der Waals surface area contributed by atoms with Gasteiger partial charge in [0.15, 0.2) is 5.65 Å². The number of rotatable bonds is 1. The van der Waals surface area contributed by atoms with Crippen LogP contribution < -0.4 is 0 Å². The van der Waals surface area contributed by atoms with Gasteiger partial charge in [-0.25, -0.2) is 4.98 Å². The minimum atomic E-state index is 0.399. The first-order valence-corrected chi connectivity index (χ1v) is 5.66. The molecule has 0 aromatic carbocycles. The van der Waals surface area contributed by atoms with E-state index in [1.165, 1.54) is 0 Å². The highest BCUT2D eigenvalue weighted by molar-refractivity contribution is 6.28. The minimum Gasteiger partial charge on any atom is -0.381 e. The number of aromatic nitrogens is 4. The Kier molecular flexibility index (Phi) is 2.49. The van der Waals surface area contributed by atoms with Crippen LogP contribution in [0.3, 0.4) is 0 Å². The second-order valence-electron chi connectivity index (χ2n) is 3.89. The Hall–Kier alpha value is -1.20. The summed E-state index contributed by atoms with van der Waals surface area (Å²) in [7, 11) is 0. The molecule has 3 rings (SSSR count).